The Kier molecular flexibility index (Phi) is 4.34. The monoisotopic (exact) mass is 258 g/mol. The highest BCUT2D eigenvalue weighted by Gasteiger charge is 2.03. The van der Waals surface area contributed by atoms with Gasteiger partial charge in [0, 0.05) is 11.1 Å². The van der Waals surface area contributed by atoms with E-state index in [0.717, 1.165) is 6.08 Å². The molecule has 1 N–H and O–H groups in total. The number of carbonyl (C=O) groups excluding carboxylic acids is 2. The van der Waals surface area contributed by atoms with E-state index in [1.54, 1.807) is 6.07 Å². The van der Waals surface area contributed by atoms with Gasteiger partial charge in [0.2, 0.25) is 5.91 Å². The summed E-state index contributed by atoms with van der Waals surface area (Å²) in [5, 5.41) is 13.1. The Hall–Kier alpha value is -1.52. The first kappa shape index (κ1) is 12.5. The molecule has 0 aliphatic heterocycles. The summed E-state index contributed by atoms with van der Waals surface area (Å²) in [5.74, 6) is -2.08. The van der Waals surface area contributed by atoms with E-state index in [-0.39, 0.29) is 0 Å². The lowest BCUT2D eigenvalue weighted by Crippen LogP contribution is -2.20. The van der Waals surface area contributed by atoms with E-state index in [2.05, 4.69) is 5.32 Å². The summed E-state index contributed by atoms with van der Waals surface area (Å²) in [6.45, 7) is 0. The number of hydrogen-bond donors (Lipinski definition) is 1. The van der Waals surface area contributed by atoms with Gasteiger partial charge in [-0.3, -0.25) is 4.79 Å². The number of carboxylic acid groups (broad SMARTS) is 1. The second-order valence-electron chi connectivity index (χ2n) is 2.77. The summed E-state index contributed by atoms with van der Waals surface area (Å²) < 4.78 is 0. The maximum Gasteiger partial charge on any atom is 0.248 e. The lowest BCUT2D eigenvalue weighted by Gasteiger charge is -2.05. The average Bonchev–Trinajstić information content (AvgIpc) is 2.20. The molecule has 0 aromatic heterocycles. The van der Waals surface area contributed by atoms with Crippen molar-refractivity contribution in [3.05, 3.63) is 40.4 Å². The molecule has 84 valence electrons. The van der Waals surface area contributed by atoms with Crippen molar-refractivity contribution in [2.24, 2.45) is 0 Å². The van der Waals surface area contributed by atoms with E-state index < -0.39 is 11.9 Å². The second-order valence-corrected chi connectivity index (χ2v) is 3.61. The van der Waals surface area contributed by atoms with Gasteiger partial charge < -0.3 is 15.2 Å². The fraction of sp³-hybridized carbons (Fsp3) is 0. The van der Waals surface area contributed by atoms with Crippen molar-refractivity contribution in [1.29, 1.82) is 0 Å². The highest BCUT2D eigenvalue weighted by Crippen LogP contribution is 2.25. The van der Waals surface area contributed by atoms with Gasteiger partial charge in [0.1, 0.15) is 0 Å². The maximum absolute atomic E-state index is 11.2. The van der Waals surface area contributed by atoms with Crippen LogP contribution in [-0.4, -0.2) is 11.9 Å². The minimum atomic E-state index is -1.45. The molecule has 0 bridgehead atoms. The number of benzene rings is 1. The highest BCUT2D eigenvalue weighted by atomic mass is 35.5. The number of anilines is 1. The van der Waals surface area contributed by atoms with Crippen LogP contribution in [0.4, 0.5) is 5.69 Å². The first-order chi connectivity index (χ1) is 7.49. The van der Waals surface area contributed by atoms with Gasteiger partial charge in [0.15, 0.2) is 0 Å². The third kappa shape index (κ3) is 3.92. The number of rotatable bonds is 3. The Labute approximate surface area is 101 Å². The van der Waals surface area contributed by atoms with Crippen molar-refractivity contribution in [2.45, 2.75) is 0 Å². The molecule has 0 heterocycles. The van der Waals surface area contributed by atoms with Crippen molar-refractivity contribution in [3.63, 3.8) is 0 Å². The van der Waals surface area contributed by atoms with E-state index in [0.29, 0.717) is 21.8 Å². The van der Waals surface area contributed by atoms with Gasteiger partial charge in [-0.05, 0) is 24.3 Å². The van der Waals surface area contributed by atoms with Crippen LogP contribution in [0.3, 0.4) is 0 Å². The SMILES string of the molecule is O=C([O-])/C=C\C(=O)Nc1cc(Cl)ccc1Cl. The Morgan fingerprint density at radius 1 is 1.25 bits per heavy atom. The van der Waals surface area contributed by atoms with Crippen LogP contribution >= 0.6 is 23.2 Å². The van der Waals surface area contributed by atoms with Crippen molar-refractivity contribution < 1.29 is 14.7 Å². The van der Waals surface area contributed by atoms with Crippen LogP contribution in [0.5, 0.6) is 0 Å². The second kappa shape index (κ2) is 5.53. The summed E-state index contributed by atoms with van der Waals surface area (Å²) in [7, 11) is 0. The highest BCUT2D eigenvalue weighted by molar-refractivity contribution is 6.35. The smallest absolute Gasteiger partial charge is 0.248 e. The minimum Gasteiger partial charge on any atom is -0.545 e. The first-order valence-electron chi connectivity index (χ1n) is 4.14. The molecule has 1 aromatic carbocycles. The topological polar surface area (TPSA) is 69.2 Å². The standard InChI is InChI=1S/C10H7Cl2NO3/c11-6-1-2-7(12)8(5-6)13-9(14)3-4-10(15)16/h1-5H,(H,13,14)(H,15,16)/p-1/b4-3-. The van der Waals surface area contributed by atoms with Gasteiger partial charge in [-0.25, -0.2) is 0 Å². The summed E-state index contributed by atoms with van der Waals surface area (Å²) in [4.78, 5) is 21.2. The Bertz CT molecular complexity index is 457. The molecule has 0 unspecified atom stereocenters. The van der Waals surface area contributed by atoms with Crippen molar-refractivity contribution in [2.75, 3.05) is 5.32 Å². The molecule has 16 heavy (non-hydrogen) atoms. The van der Waals surface area contributed by atoms with E-state index in [1.165, 1.54) is 12.1 Å². The predicted molar refractivity (Wildman–Crippen MR) is 59.2 cm³/mol. The van der Waals surface area contributed by atoms with Crippen LogP contribution in [0.1, 0.15) is 0 Å². The average molecular weight is 259 g/mol. The number of amides is 1. The molecule has 0 spiro atoms. The fourth-order valence-electron chi connectivity index (χ4n) is 0.911. The number of nitrogens with one attached hydrogen (secondary N) is 1. The Balaban J connectivity index is 2.77. The maximum atomic E-state index is 11.2. The van der Waals surface area contributed by atoms with Gasteiger partial charge in [0.25, 0.3) is 0 Å². The molecule has 1 aromatic rings. The molecule has 0 saturated carbocycles. The molecule has 0 radical (unpaired) electrons. The number of carbonyl (C=O) groups is 2. The summed E-state index contributed by atoms with van der Waals surface area (Å²) in [6.07, 6.45) is 1.44. The van der Waals surface area contributed by atoms with Crippen LogP contribution in [-0.2, 0) is 9.59 Å². The number of halogens is 2. The normalized spacial score (nSPS) is 10.4. The Morgan fingerprint density at radius 3 is 2.56 bits per heavy atom. The molecule has 4 nitrogen and oxygen atoms in total. The number of aliphatic carboxylic acids is 1. The van der Waals surface area contributed by atoms with Crippen molar-refractivity contribution >= 4 is 40.8 Å². The zero-order valence-electron chi connectivity index (χ0n) is 7.87. The zero-order valence-corrected chi connectivity index (χ0v) is 9.38. The predicted octanol–water partition coefficient (Wildman–Crippen LogP) is 1.24. The molecular weight excluding hydrogens is 253 g/mol. The largest absolute Gasteiger partial charge is 0.545 e. The lowest BCUT2D eigenvalue weighted by molar-refractivity contribution is -0.297. The summed E-state index contributed by atoms with van der Waals surface area (Å²) >= 11 is 11.5. The first-order valence-corrected chi connectivity index (χ1v) is 4.89. The molecule has 0 atom stereocenters. The third-order valence-electron chi connectivity index (χ3n) is 1.56. The zero-order chi connectivity index (χ0) is 12.1. The van der Waals surface area contributed by atoms with Gasteiger partial charge in [-0.1, -0.05) is 23.2 Å². The number of carboxylic acids is 1. The van der Waals surface area contributed by atoms with Crippen LogP contribution in [0.2, 0.25) is 10.0 Å². The Morgan fingerprint density at radius 2 is 1.94 bits per heavy atom. The summed E-state index contributed by atoms with van der Waals surface area (Å²) in [6, 6.07) is 4.53. The quantitative estimate of drug-likeness (QED) is 0.830. The van der Waals surface area contributed by atoms with E-state index in [1.807, 2.05) is 0 Å². The van der Waals surface area contributed by atoms with Crippen LogP contribution in [0, 0.1) is 0 Å². The van der Waals surface area contributed by atoms with Crippen molar-refractivity contribution in [3.8, 4) is 0 Å². The number of hydrogen-bond acceptors (Lipinski definition) is 3. The van der Waals surface area contributed by atoms with Crippen LogP contribution in [0.25, 0.3) is 0 Å². The molecule has 0 aliphatic rings. The molecule has 0 aliphatic carbocycles. The van der Waals surface area contributed by atoms with E-state index in [9.17, 15) is 14.7 Å². The van der Waals surface area contributed by atoms with Crippen LogP contribution in [0.15, 0.2) is 30.4 Å². The molecule has 6 heteroatoms. The van der Waals surface area contributed by atoms with E-state index in [4.69, 9.17) is 23.2 Å². The minimum absolute atomic E-state index is 0.305. The lowest BCUT2D eigenvalue weighted by atomic mass is 10.3. The molecule has 1 rings (SSSR count). The molecule has 0 fully saturated rings. The third-order valence-corrected chi connectivity index (χ3v) is 2.12. The van der Waals surface area contributed by atoms with Crippen LogP contribution < -0.4 is 10.4 Å². The van der Waals surface area contributed by atoms with E-state index >= 15 is 0 Å². The fourth-order valence-corrected chi connectivity index (χ4v) is 1.25. The van der Waals surface area contributed by atoms with Crippen molar-refractivity contribution in [1.82, 2.24) is 0 Å². The molecular formula is C10H6Cl2NO3-. The summed E-state index contributed by atoms with van der Waals surface area (Å²) in [5.41, 5.74) is 0.308. The molecule has 0 saturated heterocycles. The van der Waals surface area contributed by atoms with Gasteiger partial charge in [-0.2, -0.15) is 0 Å². The van der Waals surface area contributed by atoms with Gasteiger partial charge >= 0.3 is 0 Å². The van der Waals surface area contributed by atoms with Gasteiger partial charge in [-0.15, -0.1) is 0 Å². The molecule has 1 amide bonds. The van der Waals surface area contributed by atoms with Gasteiger partial charge in [0.05, 0.1) is 16.7 Å².